The molecule has 0 aliphatic carbocycles. The predicted molar refractivity (Wildman–Crippen MR) is 95.1 cm³/mol. The van der Waals surface area contributed by atoms with Gasteiger partial charge < -0.3 is 19.5 Å². The SMILES string of the molecule is O=C(NCCc1ccccc1)c1noc2ncnc(N3CCOCC3)c12. The molecule has 1 fully saturated rings. The zero-order valence-electron chi connectivity index (χ0n) is 14.2. The van der Waals surface area contributed by atoms with Crippen molar-refractivity contribution in [3.63, 3.8) is 0 Å². The Bertz CT molecular complexity index is 890. The summed E-state index contributed by atoms with van der Waals surface area (Å²) in [5.74, 6) is 0.372. The highest BCUT2D eigenvalue weighted by Gasteiger charge is 2.24. The van der Waals surface area contributed by atoms with Gasteiger partial charge in [-0.15, -0.1) is 0 Å². The van der Waals surface area contributed by atoms with E-state index in [-0.39, 0.29) is 11.6 Å². The summed E-state index contributed by atoms with van der Waals surface area (Å²) in [5, 5.41) is 7.37. The topological polar surface area (TPSA) is 93.4 Å². The van der Waals surface area contributed by atoms with Gasteiger partial charge in [0.2, 0.25) is 0 Å². The quantitative estimate of drug-likeness (QED) is 0.741. The molecule has 3 aromatic rings. The van der Waals surface area contributed by atoms with Crippen LogP contribution in [0.2, 0.25) is 0 Å². The van der Waals surface area contributed by atoms with Crippen LogP contribution in [0.25, 0.3) is 11.1 Å². The van der Waals surface area contributed by atoms with Crippen LogP contribution in [0.1, 0.15) is 16.1 Å². The van der Waals surface area contributed by atoms with E-state index in [0.717, 1.165) is 12.0 Å². The number of hydrogen-bond acceptors (Lipinski definition) is 7. The highest BCUT2D eigenvalue weighted by molar-refractivity contribution is 6.07. The van der Waals surface area contributed by atoms with Crippen molar-refractivity contribution < 1.29 is 14.1 Å². The van der Waals surface area contributed by atoms with Crippen LogP contribution in [0.5, 0.6) is 0 Å². The van der Waals surface area contributed by atoms with Gasteiger partial charge >= 0.3 is 0 Å². The van der Waals surface area contributed by atoms with E-state index in [1.54, 1.807) is 0 Å². The number of hydrogen-bond donors (Lipinski definition) is 1. The molecular weight excluding hydrogens is 334 g/mol. The maximum Gasteiger partial charge on any atom is 0.274 e. The number of aromatic nitrogens is 3. The summed E-state index contributed by atoms with van der Waals surface area (Å²) in [6, 6.07) is 9.99. The molecule has 8 nitrogen and oxygen atoms in total. The molecule has 1 aliphatic rings. The molecule has 3 heterocycles. The lowest BCUT2D eigenvalue weighted by Crippen LogP contribution is -2.37. The van der Waals surface area contributed by atoms with Crippen molar-refractivity contribution >= 4 is 22.8 Å². The average Bonchev–Trinajstić information content (AvgIpc) is 3.14. The maximum atomic E-state index is 12.6. The van der Waals surface area contributed by atoms with Crippen molar-refractivity contribution in [3.8, 4) is 0 Å². The third-order valence-corrected chi connectivity index (χ3v) is 4.32. The Kier molecular flexibility index (Phi) is 4.74. The van der Waals surface area contributed by atoms with E-state index < -0.39 is 0 Å². The minimum atomic E-state index is -0.288. The molecule has 4 rings (SSSR count). The minimum absolute atomic E-state index is 0.218. The first-order chi connectivity index (χ1) is 12.8. The standard InChI is InChI=1S/C18H19N5O3/c24-17(19-7-6-13-4-2-1-3-5-13)15-14-16(23-8-10-25-11-9-23)20-12-21-18(14)26-22-15/h1-5,12H,6-11H2,(H,19,24). The van der Waals surface area contributed by atoms with E-state index >= 15 is 0 Å². The van der Waals surface area contributed by atoms with Gasteiger partial charge in [0.1, 0.15) is 17.5 Å². The molecule has 1 saturated heterocycles. The lowest BCUT2D eigenvalue weighted by atomic mass is 10.1. The summed E-state index contributed by atoms with van der Waals surface area (Å²) in [7, 11) is 0. The molecule has 1 amide bonds. The van der Waals surface area contributed by atoms with Crippen molar-refractivity contribution in [2.24, 2.45) is 0 Å². The van der Waals surface area contributed by atoms with Crippen LogP contribution in [0.4, 0.5) is 5.82 Å². The fourth-order valence-electron chi connectivity index (χ4n) is 2.99. The van der Waals surface area contributed by atoms with E-state index in [2.05, 4.69) is 25.3 Å². The van der Waals surface area contributed by atoms with Crippen LogP contribution >= 0.6 is 0 Å². The van der Waals surface area contributed by atoms with E-state index in [1.807, 2.05) is 30.3 Å². The minimum Gasteiger partial charge on any atom is -0.378 e. The van der Waals surface area contributed by atoms with Crippen LogP contribution in [0.15, 0.2) is 41.2 Å². The molecule has 0 saturated carbocycles. The number of carbonyl (C=O) groups is 1. The number of carbonyl (C=O) groups excluding carboxylic acids is 1. The molecule has 1 aliphatic heterocycles. The van der Waals surface area contributed by atoms with Gasteiger partial charge in [-0.3, -0.25) is 4.79 Å². The van der Waals surface area contributed by atoms with Crippen molar-refractivity contribution in [1.29, 1.82) is 0 Å². The van der Waals surface area contributed by atoms with Gasteiger partial charge in [-0.1, -0.05) is 35.5 Å². The second-order valence-corrected chi connectivity index (χ2v) is 6.00. The molecule has 1 aromatic carbocycles. The summed E-state index contributed by atoms with van der Waals surface area (Å²) in [6.45, 7) is 3.15. The van der Waals surface area contributed by atoms with Crippen LogP contribution in [-0.2, 0) is 11.2 Å². The van der Waals surface area contributed by atoms with Crippen molar-refractivity contribution in [3.05, 3.63) is 47.9 Å². The fourth-order valence-corrected chi connectivity index (χ4v) is 2.99. The summed E-state index contributed by atoms with van der Waals surface area (Å²) in [5.41, 5.74) is 1.69. The van der Waals surface area contributed by atoms with Crippen molar-refractivity contribution in [1.82, 2.24) is 20.4 Å². The normalized spacial score (nSPS) is 14.5. The lowest BCUT2D eigenvalue weighted by molar-refractivity contribution is 0.0946. The van der Waals surface area contributed by atoms with Crippen molar-refractivity contribution in [2.75, 3.05) is 37.7 Å². The number of nitrogens with zero attached hydrogens (tertiary/aromatic N) is 4. The summed E-state index contributed by atoms with van der Waals surface area (Å²) < 4.78 is 10.6. The van der Waals surface area contributed by atoms with Gasteiger partial charge in [0, 0.05) is 19.6 Å². The first-order valence-corrected chi connectivity index (χ1v) is 8.58. The Balaban J connectivity index is 1.53. The third kappa shape index (κ3) is 3.36. The van der Waals surface area contributed by atoms with Crippen molar-refractivity contribution in [2.45, 2.75) is 6.42 Å². The van der Waals surface area contributed by atoms with Gasteiger partial charge in [0.25, 0.3) is 11.6 Å². The number of anilines is 1. The average molecular weight is 353 g/mol. The van der Waals surface area contributed by atoms with Gasteiger partial charge in [0.15, 0.2) is 5.69 Å². The number of nitrogens with one attached hydrogen (secondary N) is 1. The zero-order chi connectivity index (χ0) is 17.8. The summed E-state index contributed by atoms with van der Waals surface area (Å²) in [4.78, 5) is 23.1. The maximum absolute atomic E-state index is 12.6. The van der Waals surface area contributed by atoms with E-state index in [4.69, 9.17) is 9.26 Å². The Morgan fingerprint density at radius 2 is 1.96 bits per heavy atom. The molecule has 1 N–H and O–H groups in total. The monoisotopic (exact) mass is 353 g/mol. The van der Waals surface area contributed by atoms with Gasteiger partial charge in [-0.05, 0) is 12.0 Å². The Morgan fingerprint density at radius 3 is 2.77 bits per heavy atom. The lowest BCUT2D eigenvalue weighted by Gasteiger charge is -2.27. The summed E-state index contributed by atoms with van der Waals surface area (Å²) in [6.07, 6.45) is 2.17. The number of morpholine rings is 1. The smallest absolute Gasteiger partial charge is 0.274 e. The molecule has 0 bridgehead atoms. The number of rotatable bonds is 5. The summed E-state index contributed by atoms with van der Waals surface area (Å²) >= 11 is 0. The zero-order valence-corrected chi connectivity index (χ0v) is 14.2. The molecule has 134 valence electrons. The van der Waals surface area contributed by atoms with Crippen LogP contribution in [0, 0.1) is 0 Å². The Hall–Kier alpha value is -3.00. The number of ether oxygens (including phenoxy) is 1. The van der Waals surface area contributed by atoms with E-state index in [0.29, 0.717) is 49.8 Å². The molecule has 8 heteroatoms. The second-order valence-electron chi connectivity index (χ2n) is 6.00. The molecular formula is C18H19N5O3. The van der Waals surface area contributed by atoms with Crippen LogP contribution < -0.4 is 10.2 Å². The molecule has 0 radical (unpaired) electrons. The number of fused-ring (bicyclic) bond motifs is 1. The molecule has 0 atom stereocenters. The molecule has 2 aromatic heterocycles. The van der Waals surface area contributed by atoms with E-state index in [1.165, 1.54) is 6.33 Å². The highest BCUT2D eigenvalue weighted by atomic mass is 16.5. The third-order valence-electron chi connectivity index (χ3n) is 4.32. The largest absolute Gasteiger partial charge is 0.378 e. The Labute approximate surface area is 150 Å². The van der Waals surface area contributed by atoms with Crippen LogP contribution in [-0.4, -0.2) is 53.9 Å². The fraction of sp³-hybridized carbons (Fsp3) is 0.333. The second kappa shape index (κ2) is 7.49. The van der Waals surface area contributed by atoms with E-state index in [9.17, 15) is 4.79 Å². The molecule has 26 heavy (non-hydrogen) atoms. The first-order valence-electron chi connectivity index (χ1n) is 8.58. The first kappa shape index (κ1) is 16.5. The highest BCUT2D eigenvalue weighted by Crippen LogP contribution is 2.26. The number of benzene rings is 1. The molecule has 0 spiro atoms. The molecule has 0 unspecified atom stereocenters. The van der Waals surface area contributed by atoms with Gasteiger partial charge in [0.05, 0.1) is 13.2 Å². The Morgan fingerprint density at radius 1 is 1.15 bits per heavy atom. The predicted octanol–water partition coefficient (Wildman–Crippen LogP) is 1.43. The number of amides is 1. The van der Waals surface area contributed by atoms with Crippen LogP contribution in [0.3, 0.4) is 0 Å². The van der Waals surface area contributed by atoms with Gasteiger partial charge in [-0.2, -0.15) is 4.98 Å². The van der Waals surface area contributed by atoms with Gasteiger partial charge in [-0.25, -0.2) is 4.98 Å².